The van der Waals surface area contributed by atoms with Gasteiger partial charge in [0.2, 0.25) is 0 Å². The second kappa shape index (κ2) is 7.54. The van der Waals surface area contributed by atoms with Crippen LogP contribution in [0.4, 0.5) is 10.1 Å². The fourth-order valence-electron chi connectivity index (χ4n) is 3.21. The molecule has 0 saturated carbocycles. The molecule has 6 heteroatoms. The van der Waals surface area contributed by atoms with Crippen molar-refractivity contribution in [3.05, 3.63) is 71.4 Å². The number of hydrogen-bond donors (Lipinski definition) is 1. The van der Waals surface area contributed by atoms with Crippen molar-refractivity contribution >= 4 is 33.2 Å². The number of carbonyl (C=O) groups excluding carboxylic acids is 1. The number of rotatable bonds is 3. The zero-order valence-corrected chi connectivity index (χ0v) is 17.7. The van der Waals surface area contributed by atoms with Gasteiger partial charge in [-0.3, -0.25) is 0 Å². The molecule has 4 rings (SSSR count). The minimum absolute atomic E-state index is 0.319. The molecule has 0 aliphatic heterocycles. The first kappa shape index (κ1) is 20.0. The molecule has 0 radical (unpaired) electrons. The number of ether oxygens (including phenoxy) is 1. The van der Waals surface area contributed by atoms with E-state index in [4.69, 9.17) is 15.5 Å². The number of nitrogens with zero attached hydrogens (tertiary/aromatic N) is 1. The SMILES string of the molecule is CC(C)(C)OC(=O)c1sc2nc(-c3ccccc3)cc(-c3ccc(F)cc3)c2c1N. The molecule has 2 N–H and O–H groups in total. The van der Waals surface area contributed by atoms with Crippen molar-refractivity contribution in [3.63, 3.8) is 0 Å². The van der Waals surface area contributed by atoms with E-state index in [1.165, 1.54) is 23.5 Å². The molecule has 0 aliphatic carbocycles. The Morgan fingerprint density at radius 3 is 2.33 bits per heavy atom. The monoisotopic (exact) mass is 420 g/mol. The largest absolute Gasteiger partial charge is 0.456 e. The number of pyridine rings is 1. The van der Waals surface area contributed by atoms with Crippen molar-refractivity contribution in [2.75, 3.05) is 5.73 Å². The predicted molar refractivity (Wildman–Crippen MR) is 120 cm³/mol. The molecule has 30 heavy (non-hydrogen) atoms. The molecule has 152 valence electrons. The quantitative estimate of drug-likeness (QED) is 0.395. The van der Waals surface area contributed by atoms with E-state index >= 15 is 0 Å². The molecule has 0 saturated heterocycles. The van der Waals surface area contributed by atoms with Gasteiger partial charge in [0.25, 0.3) is 0 Å². The molecule has 2 aromatic carbocycles. The summed E-state index contributed by atoms with van der Waals surface area (Å²) in [6, 6.07) is 17.9. The summed E-state index contributed by atoms with van der Waals surface area (Å²) < 4.78 is 19.0. The van der Waals surface area contributed by atoms with Crippen LogP contribution >= 0.6 is 11.3 Å². The number of fused-ring (bicyclic) bond motifs is 1. The number of thiophene rings is 1. The number of benzene rings is 2. The van der Waals surface area contributed by atoms with Crippen molar-refractivity contribution in [3.8, 4) is 22.4 Å². The molecule has 0 atom stereocenters. The van der Waals surface area contributed by atoms with E-state index in [-0.39, 0.29) is 5.82 Å². The summed E-state index contributed by atoms with van der Waals surface area (Å²) in [4.78, 5) is 18.4. The summed E-state index contributed by atoms with van der Waals surface area (Å²) in [5, 5.41) is 0.673. The number of hydrogen-bond acceptors (Lipinski definition) is 5. The van der Waals surface area contributed by atoms with Crippen LogP contribution in [0.2, 0.25) is 0 Å². The van der Waals surface area contributed by atoms with Crippen LogP contribution in [0.1, 0.15) is 30.4 Å². The first-order valence-electron chi connectivity index (χ1n) is 9.50. The molecule has 4 aromatic rings. The molecule has 2 heterocycles. The molecule has 0 fully saturated rings. The fraction of sp³-hybridized carbons (Fsp3) is 0.167. The number of aromatic nitrogens is 1. The summed E-state index contributed by atoms with van der Waals surface area (Å²) >= 11 is 1.21. The number of nitrogens with two attached hydrogens (primary N) is 1. The first-order chi connectivity index (χ1) is 14.2. The standard InChI is InChI=1S/C24H21FN2O2S/c1-24(2,3)29-23(28)21-20(26)19-17(14-9-11-16(25)12-10-14)13-18(27-22(19)30-21)15-7-5-4-6-8-15/h4-13H,26H2,1-3H3. The molecule has 0 aliphatic rings. The van der Waals surface area contributed by atoms with Gasteiger partial charge in [-0.2, -0.15) is 0 Å². The van der Waals surface area contributed by atoms with Crippen molar-refractivity contribution < 1.29 is 13.9 Å². The Kier molecular flexibility index (Phi) is 5.03. The highest BCUT2D eigenvalue weighted by Crippen LogP contribution is 2.41. The summed E-state index contributed by atoms with van der Waals surface area (Å²) in [6.07, 6.45) is 0. The summed E-state index contributed by atoms with van der Waals surface area (Å²) in [5.41, 5.74) is 9.38. The van der Waals surface area contributed by atoms with Gasteiger partial charge in [0, 0.05) is 10.9 Å². The van der Waals surface area contributed by atoms with E-state index in [0.29, 0.717) is 20.8 Å². The van der Waals surface area contributed by atoms with Gasteiger partial charge in [-0.25, -0.2) is 14.2 Å². The molecule has 0 unspecified atom stereocenters. The van der Waals surface area contributed by atoms with Crippen molar-refractivity contribution in [1.29, 1.82) is 0 Å². The van der Waals surface area contributed by atoms with Gasteiger partial charge >= 0.3 is 5.97 Å². The lowest BCUT2D eigenvalue weighted by Gasteiger charge is -2.19. The third-order valence-corrected chi connectivity index (χ3v) is 5.59. The smallest absolute Gasteiger partial charge is 0.351 e. The second-order valence-electron chi connectivity index (χ2n) is 7.95. The Morgan fingerprint density at radius 2 is 1.70 bits per heavy atom. The van der Waals surface area contributed by atoms with Crippen molar-refractivity contribution in [1.82, 2.24) is 4.98 Å². The Hall–Kier alpha value is -3.25. The highest BCUT2D eigenvalue weighted by atomic mass is 32.1. The number of nitrogen functional groups attached to an aromatic ring is 1. The van der Waals surface area contributed by atoms with Crippen LogP contribution in [-0.2, 0) is 4.74 Å². The van der Waals surface area contributed by atoms with Crippen LogP contribution < -0.4 is 5.73 Å². The minimum Gasteiger partial charge on any atom is -0.456 e. The summed E-state index contributed by atoms with van der Waals surface area (Å²) in [7, 11) is 0. The van der Waals surface area contributed by atoms with Gasteiger partial charge in [-0.15, -0.1) is 11.3 Å². The third-order valence-electron chi connectivity index (χ3n) is 4.51. The zero-order chi connectivity index (χ0) is 21.5. The Labute approximate surface area is 178 Å². The molecule has 0 bridgehead atoms. The van der Waals surface area contributed by atoms with Crippen LogP contribution in [0.5, 0.6) is 0 Å². The van der Waals surface area contributed by atoms with E-state index in [1.54, 1.807) is 12.1 Å². The van der Waals surface area contributed by atoms with Gasteiger partial charge < -0.3 is 10.5 Å². The number of esters is 1. The molecule has 0 amide bonds. The van der Waals surface area contributed by atoms with Gasteiger partial charge in [0.1, 0.15) is 21.1 Å². The third kappa shape index (κ3) is 3.91. The minimum atomic E-state index is -0.637. The van der Waals surface area contributed by atoms with Gasteiger partial charge in [-0.1, -0.05) is 42.5 Å². The maximum absolute atomic E-state index is 13.5. The lowest BCUT2D eigenvalue weighted by atomic mass is 9.99. The molecular formula is C24H21FN2O2S. The lowest BCUT2D eigenvalue weighted by molar-refractivity contribution is 0.00764. The lowest BCUT2D eigenvalue weighted by Crippen LogP contribution is -2.23. The number of carbonyl (C=O) groups is 1. The van der Waals surface area contributed by atoms with Crippen molar-refractivity contribution in [2.24, 2.45) is 0 Å². The molecule has 2 aromatic heterocycles. The van der Waals surface area contributed by atoms with Gasteiger partial charge in [0.15, 0.2) is 0 Å². The maximum atomic E-state index is 13.5. The number of anilines is 1. The number of halogens is 1. The second-order valence-corrected chi connectivity index (χ2v) is 8.95. The summed E-state index contributed by atoms with van der Waals surface area (Å²) in [6.45, 7) is 5.43. The first-order valence-corrected chi connectivity index (χ1v) is 10.3. The van der Waals surface area contributed by atoms with Crippen LogP contribution in [-0.4, -0.2) is 16.6 Å². The summed E-state index contributed by atoms with van der Waals surface area (Å²) in [5.74, 6) is -0.797. The van der Waals surface area contributed by atoms with E-state index in [9.17, 15) is 9.18 Å². The highest BCUT2D eigenvalue weighted by molar-refractivity contribution is 7.21. The maximum Gasteiger partial charge on any atom is 0.351 e. The van der Waals surface area contributed by atoms with Crippen LogP contribution in [0.15, 0.2) is 60.7 Å². The predicted octanol–water partition coefficient (Wildman–Crippen LogP) is 6.31. The van der Waals surface area contributed by atoms with Crippen LogP contribution in [0.25, 0.3) is 32.6 Å². The van der Waals surface area contributed by atoms with Crippen LogP contribution in [0.3, 0.4) is 0 Å². The Balaban J connectivity index is 1.96. The highest BCUT2D eigenvalue weighted by Gasteiger charge is 2.25. The van der Waals surface area contributed by atoms with Crippen molar-refractivity contribution in [2.45, 2.75) is 26.4 Å². The van der Waals surface area contributed by atoms with Gasteiger partial charge in [0.05, 0.1) is 11.4 Å². The average molecular weight is 421 g/mol. The van der Waals surface area contributed by atoms with E-state index in [0.717, 1.165) is 22.4 Å². The normalized spacial score (nSPS) is 11.6. The fourth-order valence-corrected chi connectivity index (χ4v) is 4.21. The topological polar surface area (TPSA) is 65.2 Å². The van der Waals surface area contributed by atoms with E-state index in [2.05, 4.69) is 0 Å². The molecule has 0 spiro atoms. The Bertz CT molecular complexity index is 1230. The molecule has 4 nitrogen and oxygen atoms in total. The van der Waals surface area contributed by atoms with Crippen LogP contribution in [0, 0.1) is 5.82 Å². The Morgan fingerprint density at radius 1 is 1.03 bits per heavy atom. The van der Waals surface area contributed by atoms with E-state index in [1.807, 2.05) is 57.2 Å². The average Bonchev–Trinajstić information content (AvgIpc) is 3.04. The van der Waals surface area contributed by atoms with Gasteiger partial charge in [-0.05, 0) is 50.1 Å². The van der Waals surface area contributed by atoms with E-state index < -0.39 is 11.6 Å². The zero-order valence-electron chi connectivity index (χ0n) is 16.9. The molecular weight excluding hydrogens is 399 g/mol.